The molecule has 1 aliphatic rings. The maximum atomic E-state index is 12.4. The molecule has 0 aliphatic carbocycles. The molecule has 1 fully saturated rings. The smallest absolute Gasteiger partial charge is 0.225 e. The van der Waals surface area contributed by atoms with Crippen LogP contribution in [0.4, 0.5) is 0 Å². The van der Waals surface area contributed by atoms with Crippen molar-refractivity contribution in [2.24, 2.45) is 5.92 Å². The molecule has 0 saturated carbocycles. The lowest BCUT2D eigenvalue weighted by Gasteiger charge is -2.36. The lowest BCUT2D eigenvalue weighted by atomic mass is 10.1. The van der Waals surface area contributed by atoms with E-state index in [0.29, 0.717) is 32.6 Å². The van der Waals surface area contributed by atoms with Gasteiger partial charge in [0.2, 0.25) is 11.8 Å². The molecule has 5 heteroatoms. The van der Waals surface area contributed by atoms with Crippen molar-refractivity contribution >= 4 is 11.8 Å². The van der Waals surface area contributed by atoms with Gasteiger partial charge in [0.05, 0.1) is 7.11 Å². The second kappa shape index (κ2) is 8.71. The summed E-state index contributed by atoms with van der Waals surface area (Å²) in [5.41, 5.74) is 1.13. The molecule has 1 aromatic rings. The number of ether oxygens (including phenoxy) is 1. The van der Waals surface area contributed by atoms with Gasteiger partial charge in [0, 0.05) is 38.5 Å². The molecule has 1 aromatic carbocycles. The van der Waals surface area contributed by atoms with E-state index in [0.717, 1.165) is 24.2 Å². The Morgan fingerprint density at radius 3 is 2.21 bits per heavy atom. The Bertz CT molecular complexity index is 548. The van der Waals surface area contributed by atoms with Crippen LogP contribution in [0, 0.1) is 5.92 Å². The first-order chi connectivity index (χ1) is 11.5. The molecule has 1 aliphatic heterocycles. The van der Waals surface area contributed by atoms with Gasteiger partial charge in [-0.3, -0.25) is 9.59 Å². The predicted molar refractivity (Wildman–Crippen MR) is 93.9 cm³/mol. The van der Waals surface area contributed by atoms with Crippen LogP contribution in [0.15, 0.2) is 24.3 Å². The summed E-state index contributed by atoms with van der Waals surface area (Å²) in [5, 5.41) is 0. The molecule has 1 heterocycles. The lowest BCUT2D eigenvalue weighted by Crippen LogP contribution is -2.51. The van der Waals surface area contributed by atoms with Gasteiger partial charge < -0.3 is 14.5 Å². The largest absolute Gasteiger partial charge is 0.497 e. The summed E-state index contributed by atoms with van der Waals surface area (Å²) < 4.78 is 5.14. The second-order valence-corrected chi connectivity index (χ2v) is 6.36. The van der Waals surface area contributed by atoms with E-state index < -0.39 is 0 Å². The molecule has 1 saturated heterocycles. The summed E-state index contributed by atoms with van der Waals surface area (Å²) in [6, 6.07) is 7.82. The maximum Gasteiger partial charge on any atom is 0.225 e. The number of piperazine rings is 1. The van der Waals surface area contributed by atoms with E-state index in [4.69, 9.17) is 4.74 Å². The van der Waals surface area contributed by atoms with Gasteiger partial charge in [-0.15, -0.1) is 0 Å². The minimum absolute atomic E-state index is 0.0716. The molecule has 24 heavy (non-hydrogen) atoms. The van der Waals surface area contributed by atoms with Crippen LogP contribution >= 0.6 is 0 Å². The SMILES string of the molecule is CC[C@@H](C)C(=O)N1CCN(C(=O)CCc2ccc(OC)cc2)CC1. The van der Waals surface area contributed by atoms with Crippen LogP contribution < -0.4 is 4.74 Å². The fraction of sp³-hybridized carbons (Fsp3) is 0.579. The van der Waals surface area contributed by atoms with Crippen LogP contribution in [0.25, 0.3) is 0 Å². The van der Waals surface area contributed by atoms with Crippen LogP contribution in [0.1, 0.15) is 32.3 Å². The summed E-state index contributed by atoms with van der Waals surface area (Å²) in [7, 11) is 1.64. The number of amides is 2. The topological polar surface area (TPSA) is 49.9 Å². The van der Waals surface area contributed by atoms with E-state index in [9.17, 15) is 9.59 Å². The van der Waals surface area contributed by atoms with E-state index in [-0.39, 0.29) is 17.7 Å². The second-order valence-electron chi connectivity index (χ2n) is 6.36. The van der Waals surface area contributed by atoms with Gasteiger partial charge in [-0.2, -0.15) is 0 Å². The average molecular weight is 332 g/mol. The zero-order valence-corrected chi connectivity index (χ0v) is 15.0. The highest BCUT2D eigenvalue weighted by Gasteiger charge is 2.25. The molecule has 0 N–H and O–H groups in total. The molecule has 2 rings (SSSR count). The Balaban J connectivity index is 1.77. The zero-order chi connectivity index (χ0) is 17.5. The summed E-state index contributed by atoms with van der Waals surface area (Å²) in [5.74, 6) is 1.28. The van der Waals surface area contributed by atoms with Crippen molar-refractivity contribution in [3.8, 4) is 5.75 Å². The van der Waals surface area contributed by atoms with Crippen LogP contribution in [-0.2, 0) is 16.0 Å². The third kappa shape index (κ3) is 4.73. The number of carbonyl (C=O) groups is 2. The summed E-state index contributed by atoms with van der Waals surface area (Å²) in [4.78, 5) is 28.3. The highest BCUT2D eigenvalue weighted by Crippen LogP contribution is 2.14. The van der Waals surface area contributed by atoms with Crippen molar-refractivity contribution in [1.82, 2.24) is 9.80 Å². The van der Waals surface area contributed by atoms with Gasteiger partial charge in [-0.1, -0.05) is 26.0 Å². The molecule has 0 radical (unpaired) electrons. The Labute approximate surface area is 144 Å². The maximum absolute atomic E-state index is 12.4. The van der Waals surface area contributed by atoms with Crippen molar-refractivity contribution in [3.63, 3.8) is 0 Å². The summed E-state index contributed by atoms with van der Waals surface area (Å²) in [6.07, 6.45) is 2.10. The molecule has 0 aromatic heterocycles. The van der Waals surface area contributed by atoms with Gasteiger partial charge in [0.25, 0.3) is 0 Å². The van der Waals surface area contributed by atoms with E-state index >= 15 is 0 Å². The number of rotatable bonds is 6. The third-order valence-electron chi connectivity index (χ3n) is 4.76. The van der Waals surface area contributed by atoms with Crippen molar-refractivity contribution < 1.29 is 14.3 Å². The van der Waals surface area contributed by atoms with Crippen molar-refractivity contribution in [2.45, 2.75) is 33.1 Å². The molecular weight excluding hydrogens is 304 g/mol. The number of carbonyl (C=O) groups excluding carboxylic acids is 2. The first kappa shape index (κ1) is 18.3. The number of hydrogen-bond acceptors (Lipinski definition) is 3. The molecule has 1 atom stereocenters. The molecule has 132 valence electrons. The van der Waals surface area contributed by atoms with E-state index in [2.05, 4.69) is 0 Å². The fourth-order valence-electron chi connectivity index (χ4n) is 2.86. The molecule has 0 unspecified atom stereocenters. The van der Waals surface area contributed by atoms with Gasteiger partial charge in [0.15, 0.2) is 0 Å². The van der Waals surface area contributed by atoms with E-state index in [1.54, 1.807) is 7.11 Å². The summed E-state index contributed by atoms with van der Waals surface area (Å²) in [6.45, 7) is 6.58. The van der Waals surface area contributed by atoms with Crippen LogP contribution in [0.3, 0.4) is 0 Å². The number of benzene rings is 1. The molecule has 2 amide bonds. The van der Waals surface area contributed by atoms with Gasteiger partial charge >= 0.3 is 0 Å². The Kier molecular flexibility index (Phi) is 6.64. The number of methoxy groups -OCH3 is 1. The van der Waals surface area contributed by atoms with Gasteiger partial charge in [-0.05, 0) is 30.5 Å². The molecular formula is C19H28N2O3. The quantitative estimate of drug-likeness (QED) is 0.803. The van der Waals surface area contributed by atoms with E-state index in [1.165, 1.54) is 0 Å². The highest BCUT2D eigenvalue weighted by molar-refractivity contribution is 5.80. The Morgan fingerprint density at radius 2 is 1.67 bits per heavy atom. The first-order valence-electron chi connectivity index (χ1n) is 8.74. The Morgan fingerprint density at radius 1 is 1.08 bits per heavy atom. The van der Waals surface area contributed by atoms with Crippen molar-refractivity contribution in [3.05, 3.63) is 29.8 Å². The number of hydrogen-bond donors (Lipinski definition) is 0. The highest BCUT2D eigenvalue weighted by atomic mass is 16.5. The fourth-order valence-corrected chi connectivity index (χ4v) is 2.86. The third-order valence-corrected chi connectivity index (χ3v) is 4.76. The normalized spacial score (nSPS) is 16.0. The lowest BCUT2D eigenvalue weighted by molar-refractivity contribution is -0.141. The van der Waals surface area contributed by atoms with Crippen molar-refractivity contribution in [1.29, 1.82) is 0 Å². The number of aryl methyl sites for hydroxylation is 1. The monoisotopic (exact) mass is 332 g/mol. The average Bonchev–Trinajstić information content (AvgIpc) is 2.65. The molecule has 0 bridgehead atoms. The predicted octanol–water partition coefficient (Wildman–Crippen LogP) is 2.34. The Hall–Kier alpha value is -2.04. The van der Waals surface area contributed by atoms with Gasteiger partial charge in [-0.25, -0.2) is 0 Å². The minimum atomic E-state index is 0.0716. The van der Waals surface area contributed by atoms with Gasteiger partial charge in [0.1, 0.15) is 5.75 Å². The van der Waals surface area contributed by atoms with Crippen LogP contribution in [0.2, 0.25) is 0 Å². The summed E-state index contributed by atoms with van der Waals surface area (Å²) >= 11 is 0. The molecule has 5 nitrogen and oxygen atoms in total. The number of nitrogens with zero attached hydrogens (tertiary/aromatic N) is 2. The zero-order valence-electron chi connectivity index (χ0n) is 15.0. The van der Waals surface area contributed by atoms with E-state index in [1.807, 2.05) is 47.9 Å². The standard InChI is InChI=1S/C19H28N2O3/c1-4-15(2)19(23)21-13-11-20(12-14-21)18(22)10-7-16-5-8-17(24-3)9-6-16/h5-6,8-9,15H,4,7,10-14H2,1-3H3/t15-/m1/s1. The van der Waals surface area contributed by atoms with Crippen molar-refractivity contribution in [2.75, 3.05) is 33.3 Å². The minimum Gasteiger partial charge on any atom is -0.497 e. The first-order valence-corrected chi connectivity index (χ1v) is 8.74. The van der Waals surface area contributed by atoms with Crippen LogP contribution in [-0.4, -0.2) is 54.9 Å². The molecule has 0 spiro atoms. The van der Waals surface area contributed by atoms with Crippen LogP contribution in [0.5, 0.6) is 5.75 Å².